The van der Waals surface area contributed by atoms with Gasteiger partial charge in [0.1, 0.15) is 0 Å². The number of carbonyl (C=O) groups is 1. The molecule has 1 rings (SSSR count). The molecule has 0 fully saturated rings. The van der Waals surface area contributed by atoms with Crippen molar-refractivity contribution in [3.63, 3.8) is 0 Å². The highest BCUT2D eigenvalue weighted by molar-refractivity contribution is 5.93. The van der Waals surface area contributed by atoms with Crippen LogP contribution in [0.4, 0.5) is 0 Å². The van der Waals surface area contributed by atoms with Gasteiger partial charge in [0.25, 0.3) is 0 Å². The topological polar surface area (TPSA) is 35.5 Å². The van der Waals surface area contributed by atoms with Crippen molar-refractivity contribution < 1.29 is 14.3 Å². The summed E-state index contributed by atoms with van der Waals surface area (Å²) in [6, 6.07) is 0. The molecular formula is C22H32O3. The molecule has 0 atom stereocenters. The average molecular weight is 344 g/mol. The lowest BCUT2D eigenvalue weighted by Crippen LogP contribution is -1.99. The van der Waals surface area contributed by atoms with Gasteiger partial charge in [-0.25, -0.2) is 4.79 Å². The SMILES string of the molecule is C=C1OC(=O)C(CCCCCC/C=C\C/C=C\C/C=C\CC)=C1OC. The molecule has 0 aromatic rings. The van der Waals surface area contributed by atoms with Crippen molar-refractivity contribution in [3.05, 3.63) is 60.1 Å². The number of hydrogen-bond donors (Lipinski definition) is 0. The molecular weight excluding hydrogens is 312 g/mol. The first-order chi connectivity index (χ1) is 12.2. The molecule has 0 unspecified atom stereocenters. The molecule has 0 spiro atoms. The van der Waals surface area contributed by atoms with Crippen molar-refractivity contribution >= 4 is 5.97 Å². The van der Waals surface area contributed by atoms with Crippen LogP contribution >= 0.6 is 0 Å². The second kappa shape index (κ2) is 13.3. The number of cyclic esters (lactones) is 1. The molecule has 138 valence electrons. The summed E-state index contributed by atoms with van der Waals surface area (Å²) < 4.78 is 10.2. The maximum absolute atomic E-state index is 11.7. The van der Waals surface area contributed by atoms with Crippen LogP contribution in [0.15, 0.2) is 60.1 Å². The Kier molecular flexibility index (Phi) is 11.2. The van der Waals surface area contributed by atoms with Crippen molar-refractivity contribution in [1.82, 2.24) is 0 Å². The van der Waals surface area contributed by atoms with Gasteiger partial charge in [0.05, 0.1) is 12.7 Å². The second-order valence-corrected chi connectivity index (χ2v) is 6.07. The summed E-state index contributed by atoms with van der Waals surface area (Å²) in [6.45, 7) is 5.83. The Labute approximate surface area is 152 Å². The lowest BCUT2D eigenvalue weighted by Gasteiger charge is -2.02. The lowest BCUT2D eigenvalue weighted by molar-refractivity contribution is -0.133. The van der Waals surface area contributed by atoms with Crippen LogP contribution in [-0.4, -0.2) is 13.1 Å². The second-order valence-electron chi connectivity index (χ2n) is 6.07. The van der Waals surface area contributed by atoms with E-state index in [1.807, 2.05) is 0 Å². The number of rotatable bonds is 13. The van der Waals surface area contributed by atoms with E-state index < -0.39 is 0 Å². The molecule has 1 aliphatic heterocycles. The lowest BCUT2D eigenvalue weighted by atomic mass is 10.0. The van der Waals surface area contributed by atoms with Gasteiger partial charge < -0.3 is 9.47 Å². The Bertz CT molecular complexity index is 535. The van der Waals surface area contributed by atoms with E-state index in [4.69, 9.17) is 9.47 Å². The molecule has 0 bridgehead atoms. The minimum Gasteiger partial charge on any atom is -0.492 e. The van der Waals surface area contributed by atoms with E-state index in [0.29, 0.717) is 23.5 Å². The van der Waals surface area contributed by atoms with Gasteiger partial charge in [-0.2, -0.15) is 0 Å². The maximum Gasteiger partial charge on any atom is 0.343 e. The normalized spacial score (nSPS) is 15.3. The highest BCUT2D eigenvalue weighted by Crippen LogP contribution is 2.28. The Hall–Kier alpha value is -2.03. The van der Waals surface area contributed by atoms with Crippen LogP contribution in [0.5, 0.6) is 0 Å². The summed E-state index contributed by atoms with van der Waals surface area (Å²) in [4.78, 5) is 11.7. The molecule has 3 nitrogen and oxygen atoms in total. The number of unbranched alkanes of at least 4 members (excludes halogenated alkanes) is 4. The Morgan fingerprint density at radius 2 is 1.60 bits per heavy atom. The van der Waals surface area contributed by atoms with Gasteiger partial charge in [-0.1, -0.05) is 62.8 Å². The summed E-state index contributed by atoms with van der Waals surface area (Å²) in [5, 5.41) is 0. The molecule has 25 heavy (non-hydrogen) atoms. The first-order valence-electron chi connectivity index (χ1n) is 9.34. The predicted octanol–water partition coefficient (Wildman–Crippen LogP) is 6.16. The van der Waals surface area contributed by atoms with E-state index in [2.05, 4.69) is 50.0 Å². The van der Waals surface area contributed by atoms with Crippen LogP contribution in [-0.2, 0) is 14.3 Å². The molecule has 0 saturated heterocycles. The van der Waals surface area contributed by atoms with Crippen LogP contribution in [0.2, 0.25) is 0 Å². The zero-order chi connectivity index (χ0) is 18.3. The summed E-state index contributed by atoms with van der Waals surface area (Å²) in [6.07, 6.45) is 22.7. The Morgan fingerprint density at radius 3 is 2.28 bits per heavy atom. The van der Waals surface area contributed by atoms with Crippen molar-refractivity contribution in [1.29, 1.82) is 0 Å². The highest BCUT2D eigenvalue weighted by Gasteiger charge is 2.28. The standard InChI is InChI=1S/C22H32O3/c1-4-5-6-7-8-9-10-11-12-13-14-15-16-17-18-20-21(24-3)19(2)25-22(20)23/h5-6,8-9,11-12H,2,4,7,10,13-18H2,1,3H3/b6-5-,9-8-,12-11-. The van der Waals surface area contributed by atoms with Gasteiger partial charge in [-0.3, -0.25) is 0 Å². The van der Waals surface area contributed by atoms with E-state index in [9.17, 15) is 4.79 Å². The predicted molar refractivity (Wildman–Crippen MR) is 104 cm³/mol. The molecule has 1 heterocycles. The van der Waals surface area contributed by atoms with E-state index in [1.165, 1.54) is 12.8 Å². The molecule has 0 aromatic carbocycles. The van der Waals surface area contributed by atoms with Crippen molar-refractivity contribution in [2.75, 3.05) is 7.11 Å². The van der Waals surface area contributed by atoms with Crippen molar-refractivity contribution in [2.24, 2.45) is 0 Å². The Morgan fingerprint density at radius 1 is 0.960 bits per heavy atom. The van der Waals surface area contributed by atoms with Crippen LogP contribution in [0.25, 0.3) is 0 Å². The summed E-state index contributed by atoms with van der Waals surface area (Å²) in [5.74, 6) is 0.553. The van der Waals surface area contributed by atoms with Gasteiger partial charge in [-0.15, -0.1) is 0 Å². The van der Waals surface area contributed by atoms with Crippen molar-refractivity contribution in [3.8, 4) is 0 Å². The maximum atomic E-state index is 11.7. The first-order valence-corrected chi connectivity index (χ1v) is 9.34. The quantitative estimate of drug-likeness (QED) is 0.228. The molecule has 0 aromatic heterocycles. The minimum atomic E-state index is -0.303. The summed E-state index contributed by atoms with van der Waals surface area (Å²) >= 11 is 0. The fourth-order valence-electron chi connectivity index (χ4n) is 2.68. The number of carbonyl (C=O) groups excluding carboxylic acids is 1. The van der Waals surface area contributed by atoms with E-state index in [-0.39, 0.29) is 5.97 Å². The number of hydrogen-bond acceptors (Lipinski definition) is 3. The third-order valence-corrected chi connectivity index (χ3v) is 4.02. The van der Waals surface area contributed by atoms with Gasteiger partial charge in [-0.05, 0) is 44.9 Å². The number of ether oxygens (including phenoxy) is 2. The third-order valence-electron chi connectivity index (χ3n) is 4.02. The van der Waals surface area contributed by atoms with Crippen LogP contribution in [0.3, 0.4) is 0 Å². The molecule has 1 aliphatic rings. The molecule has 0 amide bonds. The van der Waals surface area contributed by atoms with Crippen molar-refractivity contribution in [2.45, 2.75) is 64.7 Å². The highest BCUT2D eigenvalue weighted by atomic mass is 16.6. The van der Waals surface area contributed by atoms with Crippen LogP contribution in [0, 0.1) is 0 Å². The molecule has 0 N–H and O–H groups in total. The van der Waals surface area contributed by atoms with Gasteiger partial charge >= 0.3 is 5.97 Å². The third kappa shape index (κ3) is 8.57. The molecule has 3 heteroatoms. The average Bonchev–Trinajstić information content (AvgIpc) is 2.88. The zero-order valence-corrected chi connectivity index (χ0v) is 15.8. The molecule has 0 radical (unpaired) electrons. The molecule has 0 aliphatic carbocycles. The van der Waals surface area contributed by atoms with E-state index in [0.717, 1.165) is 38.5 Å². The van der Waals surface area contributed by atoms with Crippen LogP contribution in [0.1, 0.15) is 64.7 Å². The number of allylic oxidation sites excluding steroid dienone is 6. The van der Waals surface area contributed by atoms with Gasteiger partial charge in [0.2, 0.25) is 0 Å². The number of esters is 1. The first kappa shape index (κ1) is 21.0. The zero-order valence-electron chi connectivity index (χ0n) is 15.8. The smallest absolute Gasteiger partial charge is 0.343 e. The molecule has 0 saturated carbocycles. The fraction of sp³-hybridized carbons (Fsp3) is 0.500. The minimum absolute atomic E-state index is 0.303. The van der Waals surface area contributed by atoms with Crippen LogP contribution < -0.4 is 0 Å². The summed E-state index contributed by atoms with van der Waals surface area (Å²) in [7, 11) is 1.55. The Balaban J connectivity index is 2.04. The monoisotopic (exact) mass is 344 g/mol. The van der Waals surface area contributed by atoms with E-state index in [1.54, 1.807) is 7.11 Å². The van der Waals surface area contributed by atoms with E-state index >= 15 is 0 Å². The van der Waals surface area contributed by atoms with Gasteiger partial charge in [0.15, 0.2) is 11.5 Å². The number of methoxy groups -OCH3 is 1. The summed E-state index contributed by atoms with van der Waals surface area (Å²) in [5.41, 5.74) is 0.632. The van der Waals surface area contributed by atoms with Gasteiger partial charge in [0, 0.05) is 0 Å². The fourth-order valence-corrected chi connectivity index (χ4v) is 2.68. The largest absolute Gasteiger partial charge is 0.492 e.